The van der Waals surface area contributed by atoms with Crippen LogP contribution in [0, 0.1) is 6.92 Å². The van der Waals surface area contributed by atoms with Crippen LogP contribution in [-0.4, -0.2) is 35.0 Å². The van der Waals surface area contributed by atoms with Crippen LogP contribution in [0.5, 0.6) is 0 Å². The number of sulfone groups is 1. The molecule has 1 rings (SSSR count). The van der Waals surface area contributed by atoms with Crippen LogP contribution in [0.2, 0.25) is 5.02 Å². The minimum absolute atomic E-state index is 0.295. The molecule has 1 aromatic rings. The summed E-state index contributed by atoms with van der Waals surface area (Å²) in [6, 6.07) is 0. The van der Waals surface area contributed by atoms with Gasteiger partial charge in [0.15, 0.2) is 9.84 Å². The molecule has 0 unspecified atom stereocenters. The summed E-state index contributed by atoms with van der Waals surface area (Å²) in [7, 11) is -1.89. The fourth-order valence-electron chi connectivity index (χ4n) is 1.36. The van der Waals surface area contributed by atoms with Gasteiger partial charge in [0.25, 0.3) is 0 Å². The van der Waals surface area contributed by atoms with E-state index < -0.39 is 28.0 Å². The van der Waals surface area contributed by atoms with E-state index in [1.807, 2.05) is 0 Å². The number of carboxylic acids is 1. The van der Waals surface area contributed by atoms with Crippen molar-refractivity contribution in [2.75, 3.05) is 5.75 Å². The van der Waals surface area contributed by atoms with Crippen molar-refractivity contribution in [1.29, 1.82) is 0 Å². The van der Waals surface area contributed by atoms with Crippen LogP contribution in [0.4, 0.5) is 0 Å². The number of rotatable bonds is 5. The van der Waals surface area contributed by atoms with Gasteiger partial charge in [-0.1, -0.05) is 11.6 Å². The second-order valence-electron chi connectivity index (χ2n) is 3.71. The maximum Gasteiger partial charge on any atom is 0.304 e. The summed E-state index contributed by atoms with van der Waals surface area (Å²) in [5.74, 6) is -1.83. The van der Waals surface area contributed by atoms with Gasteiger partial charge in [0.05, 0.1) is 34.3 Å². The minimum Gasteiger partial charge on any atom is -0.481 e. The van der Waals surface area contributed by atoms with Gasteiger partial charge in [-0.25, -0.2) is 8.42 Å². The van der Waals surface area contributed by atoms with Crippen molar-refractivity contribution in [1.82, 2.24) is 9.78 Å². The first-order chi connectivity index (χ1) is 7.73. The van der Waals surface area contributed by atoms with Crippen LogP contribution in [0.1, 0.15) is 17.8 Å². The monoisotopic (exact) mass is 280 g/mol. The van der Waals surface area contributed by atoms with Crippen molar-refractivity contribution in [3.63, 3.8) is 0 Å². The number of hydrogen-bond donors (Lipinski definition) is 1. The van der Waals surface area contributed by atoms with Crippen LogP contribution in [0.25, 0.3) is 0 Å². The smallest absolute Gasteiger partial charge is 0.304 e. The predicted molar refractivity (Wildman–Crippen MR) is 62.7 cm³/mol. The standard InChI is InChI=1S/C9H13ClN2O4S/c1-6-9(10)7(12(2)11-6)5-17(15,16)4-3-8(13)14/h3-5H2,1-2H3,(H,13,14). The van der Waals surface area contributed by atoms with E-state index in [0.29, 0.717) is 16.4 Å². The summed E-state index contributed by atoms with van der Waals surface area (Å²) < 4.78 is 24.7. The molecule has 0 saturated heterocycles. The van der Waals surface area contributed by atoms with Crippen molar-refractivity contribution in [3.05, 3.63) is 16.4 Å². The molecular formula is C9H13ClN2O4S. The molecule has 0 spiro atoms. The summed E-state index contributed by atoms with van der Waals surface area (Å²) >= 11 is 5.92. The minimum atomic E-state index is -3.49. The first-order valence-corrected chi connectivity index (χ1v) is 7.03. The molecule has 6 nitrogen and oxygen atoms in total. The maximum absolute atomic E-state index is 11.7. The molecule has 1 heterocycles. The summed E-state index contributed by atoms with van der Waals surface area (Å²) in [4.78, 5) is 10.3. The Labute approximate surface area is 104 Å². The molecule has 1 N–H and O–H groups in total. The van der Waals surface area contributed by atoms with Crippen LogP contribution >= 0.6 is 11.6 Å². The normalized spacial score (nSPS) is 11.7. The van der Waals surface area contributed by atoms with Gasteiger partial charge in [-0.15, -0.1) is 0 Å². The third-order valence-corrected chi connectivity index (χ3v) is 4.28. The Morgan fingerprint density at radius 3 is 2.53 bits per heavy atom. The Bertz CT molecular complexity index is 535. The largest absolute Gasteiger partial charge is 0.481 e. The molecule has 0 aliphatic heterocycles. The van der Waals surface area contributed by atoms with E-state index in [-0.39, 0.29) is 5.75 Å². The molecule has 1 aromatic heterocycles. The van der Waals surface area contributed by atoms with Gasteiger partial charge in [0.1, 0.15) is 0 Å². The Hall–Kier alpha value is -1.08. The maximum atomic E-state index is 11.7. The lowest BCUT2D eigenvalue weighted by atomic mass is 10.4. The molecule has 0 aliphatic rings. The van der Waals surface area contributed by atoms with Gasteiger partial charge in [0.2, 0.25) is 0 Å². The summed E-state index contributed by atoms with van der Waals surface area (Å²) in [5, 5.41) is 12.8. The van der Waals surface area contributed by atoms with Crippen molar-refractivity contribution in [2.24, 2.45) is 7.05 Å². The van der Waals surface area contributed by atoms with Crippen molar-refractivity contribution in [2.45, 2.75) is 19.1 Å². The zero-order valence-corrected chi connectivity index (χ0v) is 11.0. The van der Waals surface area contributed by atoms with Gasteiger partial charge in [0, 0.05) is 7.05 Å². The topological polar surface area (TPSA) is 89.3 Å². The van der Waals surface area contributed by atoms with Gasteiger partial charge in [-0.3, -0.25) is 9.48 Å². The van der Waals surface area contributed by atoms with E-state index in [1.165, 1.54) is 4.68 Å². The van der Waals surface area contributed by atoms with Crippen LogP contribution in [0.3, 0.4) is 0 Å². The summed E-state index contributed by atoms with van der Waals surface area (Å²) in [6.07, 6.45) is -0.406. The highest BCUT2D eigenvalue weighted by molar-refractivity contribution is 7.90. The Morgan fingerprint density at radius 1 is 1.53 bits per heavy atom. The number of hydrogen-bond acceptors (Lipinski definition) is 4. The summed E-state index contributed by atoms with van der Waals surface area (Å²) in [5.41, 5.74) is 0.937. The summed E-state index contributed by atoms with van der Waals surface area (Å²) in [6.45, 7) is 1.68. The number of aliphatic carboxylic acids is 1. The second kappa shape index (κ2) is 5.05. The highest BCUT2D eigenvalue weighted by Gasteiger charge is 2.20. The lowest BCUT2D eigenvalue weighted by Gasteiger charge is -2.04. The highest BCUT2D eigenvalue weighted by Crippen LogP contribution is 2.21. The fraction of sp³-hybridized carbons (Fsp3) is 0.556. The molecule has 0 bridgehead atoms. The third kappa shape index (κ3) is 3.71. The molecule has 0 fully saturated rings. The van der Waals surface area contributed by atoms with E-state index in [1.54, 1.807) is 14.0 Å². The number of nitrogens with zero attached hydrogens (tertiary/aromatic N) is 2. The third-order valence-electron chi connectivity index (χ3n) is 2.25. The Morgan fingerprint density at radius 2 is 2.12 bits per heavy atom. The molecule has 0 amide bonds. The quantitative estimate of drug-likeness (QED) is 0.860. The molecule has 0 atom stereocenters. The fourth-order valence-corrected chi connectivity index (χ4v) is 3.04. The second-order valence-corrected chi connectivity index (χ2v) is 6.27. The van der Waals surface area contributed by atoms with E-state index in [4.69, 9.17) is 16.7 Å². The van der Waals surface area contributed by atoms with E-state index in [2.05, 4.69) is 5.10 Å². The van der Waals surface area contributed by atoms with Crippen molar-refractivity contribution < 1.29 is 18.3 Å². The predicted octanol–water partition coefficient (Wildman–Crippen LogP) is 0.771. The zero-order valence-electron chi connectivity index (χ0n) is 9.47. The van der Waals surface area contributed by atoms with Crippen LogP contribution in [0.15, 0.2) is 0 Å². The average molecular weight is 281 g/mol. The number of aromatic nitrogens is 2. The van der Waals surface area contributed by atoms with Gasteiger partial charge in [-0.05, 0) is 6.92 Å². The molecule has 96 valence electrons. The van der Waals surface area contributed by atoms with E-state index >= 15 is 0 Å². The molecule has 8 heteroatoms. The molecule has 0 aliphatic carbocycles. The molecule has 0 aromatic carbocycles. The van der Waals surface area contributed by atoms with Gasteiger partial charge < -0.3 is 5.11 Å². The zero-order chi connectivity index (χ0) is 13.2. The van der Waals surface area contributed by atoms with Crippen molar-refractivity contribution >= 4 is 27.4 Å². The Kier molecular flexibility index (Phi) is 4.16. The molecule has 0 saturated carbocycles. The average Bonchev–Trinajstić information content (AvgIpc) is 2.42. The SMILES string of the molecule is Cc1nn(C)c(CS(=O)(=O)CCC(=O)O)c1Cl. The van der Waals surface area contributed by atoms with Crippen molar-refractivity contribution in [3.8, 4) is 0 Å². The van der Waals surface area contributed by atoms with Gasteiger partial charge in [-0.2, -0.15) is 5.10 Å². The van der Waals surface area contributed by atoms with Gasteiger partial charge >= 0.3 is 5.97 Å². The number of halogens is 1. The van der Waals surface area contributed by atoms with Crippen LogP contribution < -0.4 is 0 Å². The number of aryl methyl sites for hydroxylation is 2. The number of carbonyl (C=O) groups is 1. The first-order valence-electron chi connectivity index (χ1n) is 4.83. The Balaban J connectivity index is 2.87. The van der Waals surface area contributed by atoms with E-state index in [0.717, 1.165) is 0 Å². The molecule has 0 radical (unpaired) electrons. The molecule has 17 heavy (non-hydrogen) atoms. The van der Waals surface area contributed by atoms with E-state index in [9.17, 15) is 13.2 Å². The lowest BCUT2D eigenvalue weighted by molar-refractivity contribution is -0.136. The first kappa shape index (κ1) is 14.0. The number of carboxylic acid groups (broad SMARTS) is 1. The molecular weight excluding hydrogens is 268 g/mol. The van der Waals surface area contributed by atoms with Crippen LogP contribution in [-0.2, 0) is 27.4 Å². The lowest BCUT2D eigenvalue weighted by Crippen LogP contribution is -2.15. The highest BCUT2D eigenvalue weighted by atomic mass is 35.5.